The van der Waals surface area contributed by atoms with Crippen molar-refractivity contribution in [2.24, 2.45) is 0 Å². The topological polar surface area (TPSA) is 67.4 Å². The van der Waals surface area contributed by atoms with Crippen molar-refractivity contribution in [3.63, 3.8) is 0 Å². The van der Waals surface area contributed by atoms with E-state index in [1.165, 1.54) is 25.8 Å². The lowest BCUT2D eigenvalue weighted by Gasteiger charge is -2.13. The highest BCUT2D eigenvalue weighted by molar-refractivity contribution is 6.31. The molecule has 1 fully saturated rings. The van der Waals surface area contributed by atoms with Crippen LogP contribution in [0, 0.1) is 0 Å². The molecule has 0 heterocycles. The van der Waals surface area contributed by atoms with E-state index in [4.69, 9.17) is 16.3 Å². The molecule has 0 radical (unpaired) electrons. The summed E-state index contributed by atoms with van der Waals surface area (Å²) in [6.07, 6.45) is 8.09. The van der Waals surface area contributed by atoms with Gasteiger partial charge in [-0.05, 0) is 67.7 Å². The Bertz CT molecular complexity index is 889. The molecular weight excluding hydrogens is 376 g/mol. The fourth-order valence-electron chi connectivity index (χ4n) is 3.16. The van der Waals surface area contributed by atoms with Crippen LogP contribution in [0.5, 0.6) is 5.75 Å². The highest BCUT2D eigenvalue weighted by Crippen LogP contribution is 2.26. The highest BCUT2D eigenvalue weighted by atomic mass is 35.5. The number of amides is 2. The molecule has 1 saturated carbocycles. The van der Waals surface area contributed by atoms with Gasteiger partial charge in [-0.15, -0.1) is 0 Å². The van der Waals surface area contributed by atoms with Crippen LogP contribution in [0.4, 0.5) is 11.4 Å². The van der Waals surface area contributed by atoms with E-state index in [-0.39, 0.29) is 11.8 Å². The lowest BCUT2D eigenvalue weighted by Crippen LogP contribution is -2.13. The van der Waals surface area contributed by atoms with Gasteiger partial charge in [0.2, 0.25) is 11.8 Å². The third-order valence-corrected chi connectivity index (χ3v) is 4.68. The van der Waals surface area contributed by atoms with E-state index in [0.29, 0.717) is 22.5 Å². The smallest absolute Gasteiger partial charge is 0.248 e. The fraction of sp³-hybridized carbons (Fsp3) is 0.273. The first-order chi connectivity index (χ1) is 13.5. The number of hydrogen-bond acceptors (Lipinski definition) is 3. The summed E-state index contributed by atoms with van der Waals surface area (Å²) in [6.45, 7) is 1.40. The maximum Gasteiger partial charge on any atom is 0.248 e. The number of ether oxygens (including phenoxy) is 1. The van der Waals surface area contributed by atoms with Crippen molar-refractivity contribution in [2.45, 2.75) is 38.7 Å². The van der Waals surface area contributed by atoms with Gasteiger partial charge in [0.05, 0.1) is 17.5 Å². The predicted molar refractivity (Wildman–Crippen MR) is 113 cm³/mol. The van der Waals surface area contributed by atoms with Crippen LogP contribution in [0.15, 0.2) is 48.5 Å². The molecule has 146 valence electrons. The summed E-state index contributed by atoms with van der Waals surface area (Å²) in [4.78, 5) is 23.6. The normalized spacial score (nSPS) is 14.2. The predicted octanol–water partition coefficient (Wildman–Crippen LogP) is 5.27. The van der Waals surface area contributed by atoms with Gasteiger partial charge in [-0.1, -0.05) is 23.7 Å². The minimum absolute atomic E-state index is 0.243. The number of nitrogens with one attached hydrogen (secondary N) is 2. The van der Waals surface area contributed by atoms with Gasteiger partial charge in [0.15, 0.2) is 0 Å². The van der Waals surface area contributed by atoms with Gasteiger partial charge in [0, 0.05) is 18.0 Å². The van der Waals surface area contributed by atoms with Crippen molar-refractivity contribution in [3.8, 4) is 5.75 Å². The zero-order valence-corrected chi connectivity index (χ0v) is 16.5. The summed E-state index contributed by atoms with van der Waals surface area (Å²) < 4.78 is 6.00. The summed E-state index contributed by atoms with van der Waals surface area (Å²) >= 11 is 5.96. The van der Waals surface area contributed by atoms with Crippen LogP contribution in [0.2, 0.25) is 5.02 Å². The number of anilines is 2. The quantitative estimate of drug-likeness (QED) is 0.651. The molecule has 0 bridgehead atoms. The average Bonchev–Trinajstić information content (AvgIpc) is 3.15. The number of rotatable bonds is 6. The van der Waals surface area contributed by atoms with Crippen LogP contribution in [0.25, 0.3) is 6.08 Å². The van der Waals surface area contributed by atoms with Gasteiger partial charge in [-0.25, -0.2) is 0 Å². The maximum atomic E-state index is 12.3. The zero-order chi connectivity index (χ0) is 19.9. The Morgan fingerprint density at radius 2 is 1.86 bits per heavy atom. The van der Waals surface area contributed by atoms with Crippen molar-refractivity contribution in [3.05, 3.63) is 59.1 Å². The van der Waals surface area contributed by atoms with Crippen LogP contribution in [0.1, 0.15) is 38.2 Å². The Balaban J connectivity index is 1.65. The molecule has 0 atom stereocenters. The van der Waals surface area contributed by atoms with Gasteiger partial charge in [0.25, 0.3) is 0 Å². The molecule has 0 aromatic heterocycles. The standard InChI is InChI=1S/C22H23ClN2O3/c1-15(26)24-21-14-17(23)10-11-20(21)25-22(27)12-9-16-5-4-8-19(13-16)28-18-6-2-3-7-18/h4-5,8-14,18H,2-3,6-7H2,1H3,(H,24,26)(H,25,27)/b12-9+. The molecule has 2 aromatic carbocycles. The van der Waals surface area contributed by atoms with Gasteiger partial charge in [-0.3, -0.25) is 9.59 Å². The maximum absolute atomic E-state index is 12.3. The summed E-state index contributed by atoms with van der Waals surface area (Å²) in [5.74, 6) is 0.267. The Labute approximate surface area is 169 Å². The van der Waals surface area contributed by atoms with Crippen molar-refractivity contribution in [2.75, 3.05) is 10.6 Å². The van der Waals surface area contributed by atoms with Crippen molar-refractivity contribution in [1.29, 1.82) is 0 Å². The largest absolute Gasteiger partial charge is 0.490 e. The highest BCUT2D eigenvalue weighted by Gasteiger charge is 2.16. The van der Waals surface area contributed by atoms with E-state index in [0.717, 1.165) is 24.2 Å². The Kier molecular flexibility index (Phi) is 6.71. The summed E-state index contributed by atoms with van der Waals surface area (Å²) in [5, 5.41) is 5.88. The molecule has 2 aromatic rings. The zero-order valence-electron chi connectivity index (χ0n) is 15.7. The van der Waals surface area contributed by atoms with Crippen LogP contribution in [0.3, 0.4) is 0 Å². The molecule has 0 saturated heterocycles. The fourth-order valence-corrected chi connectivity index (χ4v) is 3.33. The first kappa shape index (κ1) is 20.0. The minimum Gasteiger partial charge on any atom is -0.490 e. The van der Waals surface area contributed by atoms with E-state index < -0.39 is 0 Å². The van der Waals surface area contributed by atoms with E-state index in [2.05, 4.69) is 10.6 Å². The van der Waals surface area contributed by atoms with Crippen LogP contribution in [-0.4, -0.2) is 17.9 Å². The number of carbonyl (C=O) groups excluding carboxylic acids is 2. The third kappa shape index (κ3) is 5.86. The molecule has 6 heteroatoms. The second-order valence-corrected chi connectivity index (χ2v) is 7.23. The number of benzene rings is 2. The van der Waals surface area contributed by atoms with E-state index in [1.807, 2.05) is 24.3 Å². The summed E-state index contributed by atoms with van der Waals surface area (Å²) in [5.41, 5.74) is 1.81. The van der Waals surface area contributed by atoms with Crippen molar-refractivity contribution < 1.29 is 14.3 Å². The SMILES string of the molecule is CC(=O)Nc1cc(Cl)ccc1NC(=O)/C=C/c1cccc(OC2CCCC2)c1. The minimum atomic E-state index is -0.309. The summed E-state index contributed by atoms with van der Waals surface area (Å²) in [7, 11) is 0. The lowest BCUT2D eigenvalue weighted by molar-refractivity contribution is -0.114. The Hall–Kier alpha value is -2.79. The van der Waals surface area contributed by atoms with Crippen LogP contribution >= 0.6 is 11.6 Å². The van der Waals surface area contributed by atoms with Crippen molar-refractivity contribution in [1.82, 2.24) is 0 Å². The van der Waals surface area contributed by atoms with E-state index in [9.17, 15) is 9.59 Å². The molecule has 28 heavy (non-hydrogen) atoms. The molecular formula is C22H23ClN2O3. The van der Waals surface area contributed by atoms with Gasteiger partial charge in [-0.2, -0.15) is 0 Å². The molecule has 5 nitrogen and oxygen atoms in total. The first-order valence-electron chi connectivity index (χ1n) is 9.32. The van der Waals surface area contributed by atoms with Gasteiger partial charge >= 0.3 is 0 Å². The molecule has 2 N–H and O–H groups in total. The van der Waals surface area contributed by atoms with Gasteiger partial charge in [0.1, 0.15) is 5.75 Å². The molecule has 1 aliphatic rings. The third-order valence-electron chi connectivity index (χ3n) is 4.44. The van der Waals surface area contributed by atoms with E-state index in [1.54, 1.807) is 24.3 Å². The second-order valence-electron chi connectivity index (χ2n) is 6.79. The average molecular weight is 399 g/mol. The van der Waals surface area contributed by atoms with Crippen molar-refractivity contribution >= 4 is 40.9 Å². The monoisotopic (exact) mass is 398 g/mol. The number of carbonyl (C=O) groups is 2. The van der Waals surface area contributed by atoms with E-state index >= 15 is 0 Å². The second kappa shape index (κ2) is 9.42. The lowest BCUT2D eigenvalue weighted by atomic mass is 10.2. The Morgan fingerprint density at radius 1 is 1.07 bits per heavy atom. The van der Waals surface area contributed by atoms with Crippen LogP contribution in [-0.2, 0) is 9.59 Å². The summed E-state index contributed by atoms with van der Waals surface area (Å²) in [6, 6.07) is 12.6. The molecule has 0 spiro atoms. The molecule has 2 amide bonds. The number of hydrogen-bond donors (Lipinski definition) is 2. The first-order valence-corrected chi connectivity index (χ1v) is 9.70. The Morgan fingerprint density at radius 3 is 2.61 bits per heavy atom. The van der Waals surface area contributed by atoms with Crippen LogP contribution < -0.4 is 15.4 Å². The molecule has 0 unspecified atom stereocenters. The molecule has 0 aliphatic heterocycles. The van der Waals surface area contributed by atoms with Gasteiger partial charge < -0.3 is 15.4 Å². The molecule has 1 aliphatic carbocycles. The molecule has 3 rings (SSSR count). The number of halogens is 1.